The number of halogens is 1. The molecule has 0 radical (unpaired) electrons. The number of hydrogen-bond donors (Lipinski definition) is 3. The molecule has 3 aromatic carbocycles. The van der Waals surface area contributed by atoms with Crippen LogP contribution in [0.2, 0.25) is 0 Å². The zero-order valence-electron chi connectivity index (χ0n) is 15.1. The minimum absolute atomic E-state index is 0.0886. The van der Waals surface area contributed by atoms with Crippen LogP contribution in [0.4, 0.5) is 15.8 Å². The zero-order valence-corrected chi connectivity index (χ0v) is 15.1. The number of phenolic OH excluding ortho intramolecular Hbond substituents is 1. The molecule has 0 aromatic heterocycles. The Morgan fingerprint density at radius 2 is 1.48 bits per heavy atom. The minimum Gasteiger partial charge on any atom is -0.507 e. The van der Waals surface area contributed by atoms with Gasteiger partial charge in [0.2, 0.25) is 0 Å². The van der Waals surface area contributed by atoms with Gasteiger partial charge in [-0.15, -0.1) is 0 Å². The lowest BCUT2D eigenvalue weighted by Crippen LogP contribution is -2.09. The highest BCUT2D eigenvalue weighted by Crippen LogP contribution is 2.23. The molecule has 140 valence electrons. The van der Waals surface area contributed by atoms with Gasteiger partial charge in [0.15, 0.2) is 11.6 Å². The standard InChI is InChI=1S/C13H10FNO2.C8H11NO/c14-11-3-1-2-4-12(11)17-13(16)9-5-7-10(15)8-6-9;1-5-3-7(9)4-6(2)8(5)10/h1-8H,15H2;3-4,10H,9H2,1-2H3. The lowest BCUT2D eigenvalue weighted by molar-refractivity contribution is 0.0728. The maximum absolute atomic E-state index is 13.2. The molecule has 0 saturated heterocycles. The lowest BCUT2D eigenvalue weighted by Gasteiger charge is -2.05. The second-order valence-corrected chi connectivity index (χ2v) is 5.95. The number of carbonyl (C=O) groups excluding carboxylic acids is 1. The molecule has 0 bridgehead atoms. The Morgan fingerprint density at radius 1 is 0.926 bits per heavy atom. The average molecular weight is 368 g/mol. The third kappa shape index (κ3) is 5.47. The highest BCUT2D eigenvalue weighted by Gasteiger charge is 2.10. The summed E-state index contributed by atoms with van der Waals surface area (Å²) in [4.78, 5) is 11.6. The normalized spacial score (nSPS) is 9.89. The van der Waals surface area contributed by atoms with Crippen molar-refractivity contribution in [2.75, 3.05) is 11.5 Å². The summed E-state index contributed by atoms with van der Waals surface area (Å²) in [5, 5.41) is 9.28. The van der Waals surface area contributed by atoms with Crippen LogP contribution in [0.15, 0.2) is 60.7 Å². The summed E-state index contributed by atoms with van der Waals surface area (Å²) >= 11 is 0. The lowest BCUT2D eigenvalue weighted by atomic mass is 10.1. The zero-order chi connectivity index (χ0) is 20.0. The van der Waals surface area contributed by atoms with Crippen LogP contribution in [-0.4, -0.2) is 11.1 Å². The Labute approximate surface area is 157 Å². The highest BCUT2D eigenvalue weighted by molar-refractivity contribution is 5.91. The van der Waals surface area contributed by atoms with Gasteiger partial charge in [0.05, 0.1) is 5.56 Å². The molecule has 0 fully saturated rings. The average Bonchev–Trinajstić information content (AvgIpc) is 2.62. The number of nitrogen functional groups attached to an aromatic ring is 2. The molecule has 6 heteroatoms. The van der Waals surface area contributed by atoms with Crippen LogP contribution in [0, 0.1) is 19.7 Å². The third-order valence-corrected chi connectivity index (χ3v) is 3.70. The molecule has 0 atom stereocenters. The maximum Gasteiger partial charge on any atom is 0.343 e. The molecule has 0 aliphatic rings. The molecule has 0 heterocycles. The quantitative estimate of drug-likeness (QED) is 0.272. The van der Waals surface area contributed by atoms with Crippen molar-refractivity contribution in [2.45, 2.75) is 13.8 Å². The summed E-state index contributed by atoms with van der Waals surface area (Å²) in [6, 6.07) is 15.5. The highest BCUT2D eigenvalue weighted by atomic mass is 19.1. The van der Waals surface area contributed by atoms with Crippen LogP contribution in [0.25, 0.3) is 0 Å². The number of carbonyl (C=O) groups is 1. The predicted molar refractivity (Wildman–Crippen MR) is 104 cm³/mol. The van der Waals surface area contributed by atoms with Crippen LogP contribution < -0.4 is 16.2 Å². The monoisotopic (exact) mass is 368 g/mol. The Morgan fingerprint density at radius 3 is 2.04 bits per heavy atom. The summed E-state index contributed by atoms with van der Waals surface area (Å²) in [7, 11) is 0. The van der Waals surface area contributed by atoms with Crippen LogP contribution in [0.5, 0.6) is 11.5 Å². The number of benzene rings is 3. The molecule has 0 aliphatic heterocycles. The number of anilines is 2. The number of aryl methyl sites for hydroxylation is 2. The minimum atomic E-state index is -0.616. The predicted octanol–water partition coefficient (Wildman–Crippen LogP) is 4.22. The molecular weight excluding hydrogens is 347 g/mol. The molecule has 0 amide bonds. The Balaban J connectivity index is 0.000000223. The van der Waals surface area contributed by atoms with Crippen molar-refractivity contribution in [3.63, 3.8) is 0 Å². The first-order valence-electron chi connectivity index (χ1n) is 8.16. The molecule has 0 spiro atoms. The van der Waals surface area contributed by atoms with Crippen molar-refractivity contribution >= 4 is 17.3 Å². The van der Waals surface area contributed by atoms with E-state index < -0.39 is 11.8 Å². The second kappa shape index (κ2) is 8.71. The summed E-state index contributed by atoms with van der Waals surface area (Å²) in [5.74, 6) is -0.935. The summed E-state index contributed by atoms with van der Waals surface area (Å²) in [5.41, 5.74) is 14.2. The molecule has 3 aromatic rings. The van der Waals surface area contributed by atoms with Gasteiger partial charge in [-0.05, 0) is 73.5 Å². The second-order valence-electron chi connectivity index (χ2n) is 5.95. The summed E-state index contributed by atoms with van der Waals surface area (Å²) < 4.78 is 18.1. The van der Waals surface area contributed by atoms with E-state index in [1.807, 2.05) is 13.8 Å². The number of hydrogen-bond acceptors (Lipinski definition) is 5. The van der Waals surface area contributed by atoms with E-state index in [-0.39, 0.29) is 5.75 Å². The molecule has 27 heavy (non-hydrogen) atoms. The van der Waals surface area contributed by atoms with Crippen LogP contribution in [-0.2, 0) is 0 Å². The Bertz CT molecular complexity index is 917. The van der Waals surface area contributed by atoms with Crippen molar-refractivity contribution in [1.29, 1.82) is 0 Å². The van der Waals surface area contributed by atoms with E-state index in [1.165, 1.54) is 30.3 Å². The number of ether oxygens (including phenoxy) is 1. The number of nitrogens with two attached hydrogens (primary N) is 2. The van der Waals surface area contributed by atoms with Gasteiger partial charge in [0.1, 0.15) is 5.75 Å². The molecule has 5 nitrogen and oxygen atoms in total. The summed E-state index contributed by atoms with van der Waals surface area (Å²) in [6.45, 7) is 3.66. The molecule has 5 N–H and O–H groups in total. The SMILES string of the molecule is Cc1cc(N)cc(C)c1O.Nc1ccc(C(=O)Oc2ccccc2F)cc1. The third-order valence-electron chi connectivity index (χ3n) is 3.70. The van der Waals surface area contributed by atoms with E-state index in [2.05, 4.69) is 0 Å². The first kappa shape index (κ1) is 19.8. The largest absolute Gasteiger partial charge is 0.507 e. The molecule has 0 saturated carbocycles. The molecular formula is C21H21FN2O3. The van der Waals surface area contributed by atoms with E-state index in [4.69, 9.17) is 16.2 Å². The van der Waals surface area contributed by atoms with Crippen LogP contribution in [0.3, 0.4) is 0 Å². The Hall–Kier alpha value is -3.54. The topological polar surface area (TPSA) is 98.6 Å². The number of rotatable bonds is 2. The van der Waals surface area contributed by atoms with Crippen molar-refractivity contribution in [3.8, 4) is 11.5 Å². The van der Waals surface area contributed by atoms with Gasteiger partial charge in [0, 0.05) is 11.4 Å². The van der Waals surface area contributed by atoms with E-state index in [9.17, 15) is 14.3 Å². The van der Waals surface area contributed by atoms with E-state index in [0.717, 1.165) is 11.1 Å². The number of esters is 1. The van der Waals surface area contributed by atoms with Crippen LogP contribution in [0.1, 0.15) is 21.5 Å². The van der Waals surface area contributed by atoms with Gasteiger partial charge in [-0.3, -0.25) is 0 Å². The first-order valence-corrected chi connectivity index (χ1v) is 8.16. The van der Waals surface area contributed by atoms with Crippen molar-refractivity contribution in [1.82, 2.24) is 0 Å². The van der Waals surface area contributed by atoms with Gasteiger partial charge < -0.3 is 21.3 Å². The fourth-order valence-corrected chi connectivity index (χ4v) is 2.29. The number of para-hydroxylation sites is 1. The van der Waals surface area contributed by atoms with Gasteiger partial charge in [-0.25, -0.2) is 9.18 Å². The molecule has 0 unspecified atom stereocenters. The van der Waals surface area contributed by atoms with E-state index in [1.54, 1.807) is 30.3 Å². The van der Waals surface area contributed by atoms with E-state index >= 15 is 0 Å². The van der Waals surface area contributed by atoms with Crippen molar-refractivity contribution in [2.24, 2.45) is 0 Å². The Kier molecular flexibility index (Phi) is 6.38. The van der Waals surface area contributed by atoms with Gasteiger partial charge in [-0.1, -0.05) is 12.1 Å². The molecule has 0 aliphatic carbocycles. The van der Waals surface area contributed by atoms with Gasteiger partial charge in [-0.2, -0.15) is 0 Å². The fraction of sp³-hybridized carbons (Fsp3) is 0.0952. The smallest absolute Gasteiger partial charge is 0.343 e. The van der Waals surface area contributed by atoms with Crippen molar-refractivity contribution < 1.29 is 19.0 Å². The summed E-state index contributed by atoms with van der Waals surface area (Å²) in [6.07, 6.45) is 0. The number of phenols is 1. The fourth-order valence-electron chi connectivity index (χ4n) is 2.29. The first-order chi connectivity index (χ1) is 12.8. The van der Waals surface area contributed by atoms with Crippen LogP contribution >= 0.6 is 0 Å². The van der Waals surface area contributed by atoms with Gasteiger partial charge >= 0.3 is 5.97 Å². The van der Waals surface area contributed by atoms with Crippen molar-refractivity contribution in [3.05, 3.63) is 83.2 Å². The number of aromatic hydroxyl groups is 1. The molecule has 3 rings (SSSR count). The maximum atomic E-state index is 13.2. The van der Waals surface area contributed by atoms with E-state index in [0.29, 0.717) is 22.7 Å². The van der Waals surface area contributed by atoms with Gasteiger partial charge in [0.25, 0.3) is 0 Å².